The van der Waals surface area contributed by atoms with Crippen LogP contribution >= 0.6 is 0 Å². The maximum Gasteiger partial charge on any atom is 0.325 e. The molecule has 0 saturated heterocycles. The molecule has 1 fully saturated rings. The quantitative estimate of drug-likeness (QED) is 0.820. The van der Waals surface area contributed by atoms with Gasteiger partial charge in [-0.05, 0) is 36.8 Å². The molecule has 1 aliphatic carbocycles. The van der Waals surface area contributed by atoms with Crippen LogP contribution in [0.15, 0.2) is 40.2 Å². The number of hydrogen-bond acceptors (Lipinski definition) is 4. The molecule has 0 radical (unpaired) electrons. The van der Waals surface area contributed by atoms with Crippen LogP contribution < -0.4 is 11.2 Å². The Morgan fingerprint density at radius 1 is 1.45 bits per heavy atom. The summed E-state index contributed by atoms with van der Waals surface area (Å²) in [7, 11) is 0. The van der Waals surface area contributed by atoms with Crippen LogP contribution in [0.2, 0.25) is 0 Å². The molecule has 2 atom stereocenters. The third-order valence-electron chi connectivity index (χ3n) is 3.62. The van der Waals surface area contributed by atoms with Gasteiger partial charge in [-0.1, -0.05) is 12.2 Å². The van der Waals surface area contributed by atoms with Crippen molar-refractivity contribution >= 4 is 0 Å². The van der Waals surface area contributed by atoms with E-state index in [2.05, 4.69) is 26.7 Å². The largest absolute Gasteiger partial charge is 0.325 e. The number of aromatic nitrogens is 4. The van der Waals surface area contributed by atoms with Crippen molar-refractivity contribution in [1.82, 2.24) is 20.2 Å². The highest BCUT2D eigenvalue weighted by atomic mass is 16.2. The molecule has 0 unspecified atom stereocenters. The summed E-state index contributed by atoms with van der Waals surface area (Å²) in [5, 5.41) is 7.92. The fourth-order valence-corrected chi connectivity index (χ4v) is 2.42. The summed E-state index contributed by atoms with van der Waals surface area (Å²) in [6.45, 7) is 5.99. The number of nitrogens with zero attached hydrogens (tertiary/aromatic N) is 2. The lowest BCUT2D eigenvalue weighted by atomic mass is 10.1. The Labute approximate surface area is 114 Å². The molecule has 20 heavy (non-hydrogen) atoms. The Morgan fingerprint density at radius 3 is 2.90 bits per heavy atom. The molecule has 102 valence electrons. The van der Waals surface area contributed by atoms with E-state index in [1.54, 1.807) is 6.20 Å². The molecule has 1 saturated carbocycles. The number of rotatable bonds is 3. The van der Waals surface area contributed by atoms with Crippen molar-refractivity contribution in [2.75, 3.05) is 0 Å². The van der Waals surface area contributed by atoms with Crippen molar-refractivity contribution in [3.05, 3.63) is 57.0 Å². The number of allylic oxidation sites excluding steroid dienone is 1. The minimum atomic E-state index is -0.535. The van der Waals surface area contributed by atoms with E-state index in [9.17, 15) is 9.59 Å². The highest BCUT2D eigenvalue weighted by Gasteiger charge is 2.39. The van der Waals surface area contributed by atoms with Gasteiger partial charge in [0.2, 0.25) is 0 Å². The van der Waals surface area contributed by atoms with Gasteiger partial charge in [0.1, 0.15) is 5.69 Å². The normalized spacial score (nSPS) is 20.6. The van der Waals surface area contributed by atoms with Crippen molar-refractivity contribution in [3.63, 3.8) is 0 Å². The molecule has 2 aromatic heterocycles. The molecular formula is C14H14N4O2. The summed E-state index contributed by atoms with van der Waals surface area (Å²) in [5.41, 5.74) is 1.99. The van der Waals surface area contributed by atoms with E-state index in [1.807, 2.05) is 13.0 Å². The van der Waals surface area contributed by atoms with E-state index in [4.69, 9.17) is 0 Å². The molecule has 0 amide bonds. The monoisotopic (exact) mass is 270 g/mol. The topological polar surface area (TPSA) is 91.5 Å². The molecular weight excluding hydrogens is 256 g/mol. The highest BCUT2D eigenvalue weighted by Crippen LogP contribution is 2.51. The second-order valence-corrected chi connectivity index (χ2v) is 5.15. The number of nitrogens with one attached hydrogen (secondary N) is 2. The zero-order valence-electron chi connectivity index (χ0n) is 11.0. The van der Waals surface area contributed by atoms with Gasteiger partial charge < -0.3 is 4.98 Å². The third kappa shape index (κ3) is 2.20. The molecule has 1 aliphatic rings. The second kappa shape index (κ2) is 4.56. The zero-order valence-corrected chi connectivity index (χ0v) is 11.0. The smallest absolute Gasteiger partial charge is 0.313 e. The predicted molar refractivity (Wildman–Crippen MR) is 74.4 cm³/mol. The number of H-pyrrole nitrogens is 2. The second-order valence-electron chi connectivity index (χ2n) is 5.15. The first-order valence-electron chi connectivity index (χ1n) is 6.36. The summed E-state index contributed by atoms with van der Waals surface area (Å²) in [6, 6.07) is 1.85. The summed E-state index contributed by atoms with van der Waals surface area (Å²) in [6.07, 6.45) is 4.14. The van der Waals surface area contributed by atoms with Gasteiger partial charge in [0.25, 0.3) is 5.56 Å². The highest BCUT2D eigenvalue weighted by molar-refractivity contribution is 5.57. The van der Waals surface area contributed by atoms with Crippen LogP contribution in [-0.2, 0) is 0 Å². The van der Waals surface area contributed by atoms with Crippen molar-refractivity contribution < 1.29 is 0 Å². The maximum absolute atomic E-state index is 11.8. The van der Waals surface area contributed by atoms with Crippen LogP contribution in [-0.4, -0.2) is 20.2 Å². The van der Waals surface area contributed by atoms with E-state index < -0.39 is 11.2 Å². The lowest BCUT2D eigenvalue weighted by Crippen LogP contribution is -2.22. The zero-order chi connectivity index (χ0) is 14.3. The van der Waals surface area contributed by atoms with Gasteiger partial charge >= 0.3 is 5.69 Å². The van der Waals surface area contributed by atoms with Crippen molar-refractivity contribution in [2.45, 2.75) is 19.3 Å². The summed E-state index contributed by atoms with van der Waals surface area (Å²) >= 11 is 0. The maximum atomic E-state index is 11.8. The first kappa shape index (κ1) is 12.5. The predicted octanol–water partition coefficient (Wildman–Crippen LogP) is 1.20. The molecule has 0 bridgehead atoms. The Morgan fingerprint density at radius 2 is 2.25 bits per heavy atom. The van der Waals surface area contributed by atoms with Crippen molar-refractivity contribution in [2.24, 2.45) is 5.92 Å². The van der Waals surface area contributed by atoms with E-state index in [-0.39, 0.29) is 0 Å². The summed E-state index contributed by atoms with van der Waals surface area (Å²) in [4.78, 5) is 27.4. The molecule has 2 aromatic rings. The SMILES string of the molecule is C=C(C)[C@H]1C[C@@H]1c1cnnc(-c2c[nH]c(=O)[nH]c2=O)c1. The fourth-order valence-electron chi connectivity index (χ4n) is 2.42. The van der Waals surface area contributed by atoms with E-state index in [0.29, 0.717) is 23.1 Å². The van der Waals surface area contributed by atoms with Gasteiger partial charge in [-0.25, -0.2) is 4.79 Å². The standard InChI is InChI=1S/C14H14N4O2/c1-7(2)9-4-10(9)8-3-12(18-16-5-8)11-6-15-14(20)17-13(11)19/h3,5-6,9-10H,1,4H2,2H3,(H2,15,17,19,20)/t9-,10-/m1/s1. The van der Waals surface area contributed by atoms with Crippen LogP contribution in [0, 0.1) is 5.92 Å². The van der Waals surface area contributed by atoms with Gasteiger partial charge in [0.05, 0.1) is 11.8 Å². The summed E-state index contributed by atoms with van der Waals surface area (Å²) in [5.74, 6) is 0.893. The average molecular weight is 270 g/mol. The van der Waals surface area contributed by atoms with Crippen LogP contribution in [0.3, 0.4) is 0 Å². The minimum absolute atomic E-state index is 0.312. The molecule has 6 heteroatoms. The Kier molecular flexibility index (Phi) is 2.85. The van der Waals surface area contributed by atoms with Gasteiger partial charge in [0, 0.05) is 6.20 Å². The summed E-state index contributed by atoms with van der Waals surface area (Å²) < 4.78 is 0. The first-order valence-corrected chi connectivity index (χ1v) is 6.36. The van der Waals surface area contributed by atoms with E-state index >= 15 is 0 Å². The van der Waals surface area contributed by atoms with E-state index in [1.165, 1.54) is 6.20 Å². The number of aromatic amines is 2. The molecule has 6 nitrogen and oxygen atoms in total. The van der Waals surface area contributed by atoms with E-state index in [0.717, 1.165) is 17.6 Å². The molecule has 0 aromatic carbocycles. The first-order chi connectivity index (χ1) is 9.56. The molecule has 2 N–H and O–H groups in total. The average Bonchev–Trinajstić information content (AvgIpc) is 3.19. The fraction of sp³-hybridized carbons (Fsp3) is 0.286. The molecule has 0 spiro atoms. The lowest BCUT2D eigenvalue weighted by molar-refractivity contribution is 0.915. The van der Waals surface area contributed by atoms with Crippen molar-refractivity contribution in [1.29, 1.82) is 0 Å². The molecule has 2 heterocycles. The van der Waals surface area contributed by atoms with Gasteiger partial charge in [-0.15, -0.1) is 0 Å². The van der Waals surface area contributed by atoms with Crippen molar-refractivity contribution in [3.8, 4) is 11.3 Å². The minimum Gasteiger partial charge on any atom is -0.313 e. The van der Waals surface area contributed by atoms with Gasteiger partial charge in [0.15, 0.2) is 0 Å². The Bertz CT molecular complexity index is 790. The Hall–Kier alpha value is -2.50. The number of hydrogen-bond donors (Lipinski definition) is 2. The van der Waals surface area contributed by atoms with Crippen LogP contribution in [0.1, 0.15) is 24.8 Å². The molecule has 0 aliphatic heterocycles. The molecule has 3 rings (SSSR count). The van der Waals surface area contributed by atoms with Gasteiger partial charge in [-0.2, -0.15) is 10.2 Å². The van der Waals surface area contributed by atoms with Crippen LogP contribution in [0.25, 0.3) is 11.3 Å². The lowest BCUT2D eigenvalue weighted by Gasteiger charge is -2.02. The van der Waals surface area contributed by atoms with Crippen LogP contribution in [0.4, 0.5) is 0 Å². The third-order valence-corrected chi connectivity index (χ3v) is 3.62. The van der Waals surface area contributed by atoms with Gasteiger partial charge in [-0.3, -0.25) is 9.78 Å². The Balaban J connectivity index is 1.98. The van der Waals surface area contributed by atoms with Crippen LogP contribution in [0.5, 0.6) is 0 Å².